The van der Waals surface area contributed by atoms with Crippen LogP contribution in [0.4, 0.5) is 0 Å². The van der Waals surface area contributed by atoms with Gasteiger partial charge in [0.05, 0.1) is 19.6 Å². The number of hydrogen-bond donors (Lipinski definition) is 0. The van der Waals surface area contributed by atoms with Crippen molar-refractivity contribution in [3.63, 3.8) is 0 Å². The van der Waals surface area contributed by atoms with Crippen molar-refractivity contribution in [1.29, 1.82) is 0 Å². The molecule has 5 nitrogen and oxygen atoms in total. The predicted octanol–water partition coefficient (Wildman–Crippen LogP) is 7.68. The Bertz CT molecular complexity index is 1160. The van der Waals surface area contributed by atoms with Gasteiger partial charge in [-0.25, -0.2) is 4.79 Å². The van der Waals surface area contributed by atoms with Crippen LogP contribution in [0, 0.1) is 0 Å². The number of hydrogen-bond acceptors (Lipinski definition) is 5. The van der Waals surface area contributed by atoms with E-state index in [1.54, 1.807) is 18.2 Å². The molecule has 188 valence electrons. The Hall–Kier alpha value is -3.08. The second-order valence-electron chi connectivity index (χ2n) is 9.18. The fourth-order valence-electron chi connectivity index (χ4n) is 4.59. The summed E-state index contributed by atoms with van der Waals surface area (Å²) in [4.78, 5) is 25.9. The number of carbonyl (C=O) groups excluding carboxylic acids is 1. The lowest BCUT2D eigenvalue weighted by molar-refractivity contribution is 0.103. The zero-order chi connectivity index (χ0) is 25.2. The summed E-state index contributed by atoms with van der Waals surface area (Å²) in [7, 11) is 3.05. The summed E-state index contributed by atoms with van der Waals surface area (Å²) in [5, 5.41) is 0.551. The molecule has 0 saturated carbocycles. The molecule has 1 aromatic heterocycles. The number of fused-ring (bicyclic) bond motifs is 1. The molecule has 2 aromatic carbocycles. The first kappa shape index (κ1) is 26.5. The molecule has 1 atom stereocenters. The largest absolute Gasteiger partial charge is 0.496 e. The number of ether oxygens (including phenoxy) is 2. The van der Waals surface area contributed by atoms with Crippen molar-refractivity contribution in [1.82, 2.24) is 0 Å². The Morgan fingerprint density at radius 2 is 1.54 bits per heavy atom. The van der Waals surface area contributed by atoms with Crippen LogP contribution < -0.4 is 15.1 Å². The van der Waals surface area contributed by atoms with Gasteiger partial charge in [0.15, 0.2) is 5.78 Å². The van der Waals surface area contributed by atoms with E-state index in [9.17, 15) is 9.59 Å². The first-order valence-corrected chi connectivity index (χ1v) is 12.9. The van der Waals surface area contributed by atoms with Gasteiger partial charge >= 0.3 is 5.63 Å². The lowest BCUT2D eigenvalue weighted by Crippen LogP contribution is -2.15. The van der Waals surface area contributed by atoms with E-state index >= 15 is 0 Å². The summed E-state index contributed by atoms with van der Waals surface area (Å²) in [5.41, 5.74) is 1.38. The summed E-state index contributed by atoms with van der Waals surface area (Å²) < 4.78 is 16.1. The van der Waals surface area contributed by atoms with Gasteiger partial charge in [-0.05, 0) is 30.4 Å². The zero-order valence-corrected chi connectivity index (χ0v) is 21.5. The van der Waals surface area contributed by atoms with Crippen LogP contribution in [0.3, 0.4) is 0 Å². The Morgan fingerprint density at radius 3 is 2.20 bits per heavy atom. The molecular formula is C30H38O5. The lowest BCUT2D eigenvalue weighted by Gasteiger charge is -2.17. The molecule has 0 aliphatic carbocycles. The summed E-state index contributed by atoms with van der Waals surface area (Å²) in [6, 6.07) is 12.6. The highest BCUT2D eigenvalue weighted by Gasteiger charge is 2.19. The van der Waals surface area contributed by atoms with Crippen molar-refractivity contribution in [2.75, 3.05) is 14.2 Å². The number of rotatable bonds is 14. The van der Waals surface area contributed by atoms with Crippen LogP contribution in [0.15, 0.2) is 51.7 Å². The predicted molar refractivity (Wildman–Crippen MR) is 141 cm³/mol. The Balaban J connectivity index is 1.83. The first-order chi connectivity index (χ1) is 17.0. The molecule has 0 saturated heterocycles. The second-order valence-corrected chi connectivity index (χ2v) is 9.18. The van der Waals surface area contributed by atoms with Crippen molar-refractivity contribution < 1.29 is 18.7 Å². The van der Waals surface area contributed by atoms with Crippen LogP contribution in [0.25, 0.3) is 11.0 Å². The maximum Gasteiger partial charge on any atom is 0.347 e. The monoisotopic (exact) mass is 478 g/mol. The van der Waals surface area contributed by atoms with E-state index < -0.39 is 5.63 Å². The molecule has 3 aromatic rings. The molecule has 0 amide bonds. The minimum atomic E-state index is -0.671. The van der Waals surface area contributed by atoms with Gasteiger partial charge in [-0.15, -0.1) is 0 Å². The van der Waals surface area contributed by atoms with E-state index in [2.05, 4.69) is 13.8 Å². The lowest BCUT2D eigenvalue weighted by atomic mass is 9.87. The molecule has 1 unspecified atom stereocenters. The minimum Gasteiger partial charge on any atom is -0.496 e. The first-order valence-electron chi connectivity index (χ1n) is 12.9. The van der Waals surface area contributed by atoms with E-state index in [4.69, 9.17) is 13.9 Å². The number of benzene rings is 2. The fourth-order valence-corrected chi connectivity index (χ4v) is 4.59. The topological polar surface area (TPSA) is 65.7 Å². The van der Waals surface area contributed by atoms with E-state index in [1.165, 1.54) is 71.1 Å². The van der Waals surface area contributed by atoms with Gasteiger partial charge in [-0.3, -0.25) is 4.79 Å². The van der Waals surface area contributed by atoms with Gasteiger partial charge in [0.25, 0.3) is 0 Å². The molecule has 0 spiro atoms. The zero-order valence-electron chi connectivity index (χ0n) is 21.5. The van der Waals surface area contributed by atoms with Gasteiger partial charge in [0.1, 0.15) is 22.6 Å². The Labute approximate surface area is 208 Å². The third kappa shape index (κ3) is 6.74. The molecule has 0 bridgehead atoms. The highest BCUT2D eigenvalue weighted by atomic mass is 16.5. The van der Waals surface area contributed by atoms with E-state index in [-0.39, 0.29) is 11.3 Å². The average molecular weight is 479 g/mol. The summed E-state index contributed by atoms with van der Waals surface area (Å²) >= 11 is 0. The number of carbonyl (C=O) groups is 1. The number of ketones is 1. The molecule has 0 aliphatic heterocycles. The van der Waals surface area contributed by atoms with Gasteiger partial charge < -0.3 is 13.9 Å². The van der Waals surface area contributed by atoms with Crippen molar-refractivity contribution in [3.8, 4) is 11.5 Å². The molecule has 0 aliphatic rings. The molecule has 5 heteroatoms. The van der Waals surface area contributed by atoms with Crippen LogP contribution in [0.2, 0.25) is 0 Å². The van der Waals surface area contributed by atoms with Gasteiger partial charge in [-0.2, -0.15) is 0 Å². The van der Waals surface area contributed by atoms with Crippen LogP contribution in [-0.2, 0) is 0 Å². The van der Waals surface area contributed by atoms with Crippen LogP contribution in [0.5, 0.6) is 11.5 Å². The molecule has 3 rings (SSSR count). The second kappa shape index (κ2) is 13.1. The highest BCUT2D eigenvalue weighted by Crippen LogP contribution is 2.32. The minimum absolute atomic E-state index is 0.00725. The maximum atomic E-state index is 13.2. The van der Waals surface area contributed by atoms with Crippen LogP contribution in [0.1, 0.15) is 99.0 Å². The SMILES string of the molecule is CCCCCCCC(CCCC)c1ccc(C(=O)c2cc3c(OC)cc(OC)cc3oc2=O)cc1. The molecule has 0 N–H and O–H groups in total. The van der Waals surface area contributed by atoms with Gasteiger partial charge in [0.2, 0.25) is 0 Å². The van der Waals surface area contributed by atoms with Crippen molar-refractivity contribution >= 4 is 16.8 Å². The van der Waals surface area contributed by atoms with Crippen LogP contribution in [-0.4, -0.2) is 20.0 Å². The fraction of sp³-hybridized carbons (Fsp3) is 0.467. The maximum absolute atomic E-state index is 13.2. The number of unbranched alkanes of at least 4 members (excludes halogenated alkanes) is 5. The smallest absolute Gasteiger partial charge is 0.347 e. The van der Waals surface area contributed by atoms with E-state index in [0.29, 0.717) is 33.9 Å². The highest BCUT2D eigenvalue weighted by molar-refractivity contribution is 6.10. The Kier molecular flexibility index (Phi) is 9.95. The van der Waals surface area contributed by atoms with Gasteiger partial charge in [0, 0.05) is 17.7 Å². The Morgan fingerprint density at radius 1 is 0.857 bits per heavy atom. The molecular weight excluding hydrogens is 440 g/mol. The summed E-state index contributed by atoms with van der Waals surface area (Å²) in [6.07, 6.45) is 11.1. The molecule has 0 radical (unpaired) electrons. The third-order valence-electron chi connectivity index (χ3n) is 6.70. The summed E-state index contributed by atoms with van der Waals surface area (Å²) in [6.45, 7) is 4.46. The third-order valence-corrected chi connectivity index (χ3v) is 6.70. The van der Waals surface area contributed by atoms with E-state index in [1.807, 2.05) is 24.3 Å². The van der Waals surface area contributed by atoms with Crippen molar-refractivity contribution in [2.45, 2.75) is 77.6 Å². The van der Waals surface area contributed by atoms with Crippen molar-refractivity contribution in [3.05, 3.63) is 69.6 Å². The standard InChI is InChI=1S/C30H38O5/c1-5-7-9-10-11-13-21(12-8-6-2)22-14-16-23(17-15-22)29(31)26-20-25-27(34-4)18-24(33-3)19-28(25)35-30(26)32/h14-21H,5-13H2,1-4H3. The van der Waals surface area contributed by atoms with E-state index in [0.717, 1.165) is 6.42 Å². The van der Waals surface area contributed by atoms with Crippen LogP contribution >= 0.6 is 0 Å². The molecule has 35 heavy (non-hydrogen) atoms. The number of methoxy groups -OCH3 is 2. The molecule has 0 fully saturated rings. The average Bonchev–Trinajstić information content (AvgIpc) is 2.88. The van der Waals surface area contributed by atoms with Gasteiger partial charge in [-0.1, -0.05) is 83.1 Å². The quantitative estimate of drug-likeness (QED) is 0.135. The molecule has 1 heterocycles. The van der Waals surface area contributed by atoms with Crippen molar-refractivity contribution in [2.24, 2.45) is 0 Å². The summed E-state index contributed by atoms with van der Waals surface area (Å²) in [5.74, 6) is 1.14. The normalized spacial score (nSPS) is 12.0.